The molecule has 0 aromatic carbocycles. The van der Waals surface area contributed by atoms with Gasteiger partial charge in [0.25, 0.3) is 0 Å². The fourth-order valence-corrected chi connectivity index (χ4v) is 2.08. The summed E-state index contributed by atoms with van der Waals surface area (Å²) in [6.45, 7) is 1.39. The lowest BCUT2D eigenvalue weighted by atomic mass is 10.1. The molecular formula is C12H24N2O2. The molecule has 0 aromatic rings. The van der Waals surface area contributed by atoms with E-state index in [-0.39, 0.29) is 6.03 Å². The molecule has 2 amide bonds. The van der Waals surface area contributed by atoms with E-state index in [4.69, 9.17) is 4.74 Å². The van der Waals surface area contributed by atoms with Gasteiger partial charge in [0.1, 0.15) is 0 Å². The highest BCUT2D eigenvalue weighted by atomic mass is 16.5. The number of carbonyl (C=O) groups is 1. The molecule has 0 heterocycles. The third-order valence-electron chi connectivity index (χ3n) is 3.00. The predicted octanol–water partition coefficient (Wildman–Crippen LogP) is 2.04. The van der Waals surface area contributed by atoms with Crippen molar-refractivity contribution in [1.82, 2.24) is 10.6 Å². The zero-order valence-electron chi connectivity index (χ0n) is 10.3. The molecule has 16 heavy (non-hydrogen) atoms. The number of ether oxygens (including phenoxy) is 1. The summed E-state index contributed by atoms with van der Waals surface area (Å²) in [5.74, 6) is 0. The topological polar surface area (TPSA) is 50.4 Å². The monoisotopic (exact) mass is 228 g/mol. The molecule has 4 nitrogen and oxygen atoms in total. The van der Waals surface area contributed by atoms with E-state index in [1.54, 1.807) is 7.11 Å². The maximum atomic E-state index is 11.5. The van der Waals surface area contributed by atoms with Gasteiger partial charge < -0.3 is 15.4 Å². The Morgan fingerprint density at radius 2 is 1.94 bits per heavy atom. The van der Waals surface area contributed by atoms with Crippen LogP contribution < -0.4 is 10.6 Å². The van der Waals surface area contributed by atoms with Gasteiger partial charge in [0.05, 0.1) is 0 Å². The quantitative estimate of drug-likeness (QED) is 0.559. The Balaban J connectivity index is 2.07. The number of methoxy groups -OCH3 is 1. The lowest BCUT2D eigenvalue weighted by Crippen LogP contribution is -2.42. The number of hydrogen-bond acceptors (Lipinski definition) is 2. The number of urea groups is 1. The molecule has 2 N–H and O–H groups in total. The van der Waals surface area contributed by atoms with Crippen molar-refractivity contribution >= 4 is 6.03 Å². The molecule has 1 aliphatic rings. The predicted molar refractivity (Wildman–Crippen MR) is 64.5 cm³/mol. The van der Waals surface area contributed by atoms with Gasteiger partial charge in [0.2, 0.25) is 0 Å². The van der Waals surface area contributed by atoms with Crippen LogP contribution in [0.2, 0.25) is 0 Å². The van der Waals surface area contributed by atoms with E-state index in [9.17, 15) is 4.79 Å². The summed E-state index contributed by atoms with van der Waals surface area (Å²) in [6.07, 6.45) is 8.25. The second-order valence-corrected chi connectivity index (χ2v) is 4.44. The number of rotatable bonds is 5. The van der Waals surface area contributed by atoms with Crippen LogP contribution in [0.25, 0.3) is 0 Å². The van der Waals surface area contributed by atoms with E-state index in [1.807, 2.05) is 0 Å². The molecule has 1 aliphatic carbocycles. The molecule has 94 valence electrons. The van der Waals surface area contributed by atoms with E-state index >= 15 is 0 Å². The summed E-state index contributed by atoms with van der Waals surface area (Å²) in [5, 5.41) is 5.90. The Hall–Kier alpha value is -0.770. The van der Waals surface area contributed by atoms with Crippen molar-refractivity contribution in [3.05, 3.63) is 0 Å². The zero-order chi connectivity index (χ0) is 11.6. The van der Waals surface area contributed by atoms with E-state index in [0.29, 0.717) is 19.2 Å². The fraction of sp³-hybridized carbons (Fsp3) is 0.917. The molecule has 0 unspecified atom stereocenters. The SMILES string of the molecule is COCCCNC(=O)NC1CCCCCC1. The maximum absolute atomic E-state index is 11.5. The van der Waals surface area contributed by atoms with Crippen LogP contribution in [-0.2, 0) is 4.74 Å². The molecule has 0 atom stereocenters. The van der Waals surface area contributed by atoms with Crippen molar-refractivity contribution in [2.24, 2.45) is 0 Å². The highest BCUT2D eigenvalue weighted by molar-refractivity contribution is 5.74. The summed E-state index contributed by atoms with van der Waals surface area (Å²) in [7, 11) is 1.67. The Morgan fingerprint density at radius 3 is 2.56 bits per heavy atom. The molecule has 0 radical (unpaired) electrons. The molecule has 0 spiro atoms. The summed E-state index contributed by atoms with van der Waals surface area (Å²) in [6, 6.07) is 0.355. The van der Waals surface area contributed by atoms with Gasteiger partial charge in [-0.3, -0.25) is 0 Å². The minimum absolute atomic E-state index is 0.0250. The molecule has 0 saturated heterocycles. The molecule has 1 fully saturated rings. The van der Waals surface area contributed by atoms with Crippen molar-refractivity contribution < 1.29 is 9.53 Å². The number of nitrogens with one attached hydrogen (secondary N) is 2. The van der Waals surface area contributed by atoms with Crippen molar-refractivity contribution in [1.29, 1.82) is 0 Å². The first kappa shape index (κ1) is 13.3. The van der Waals surface area contributed by atoms with Crippen LogP contribution in [0, 0.1) is 0 Å². The van der Waals surface area contributed by atoms with Crippen LogP contribution in [0.5, 0.6) is 0 Å². The Bertz CT molecular complexity index is 189. The van der Waals surface area contributed by atoms with Crippen molar-refractivity contribution in [2.45, 2.75) is 51.0 Å². The lowest BCUT2D eigenvalue weighted by molar-refractivity contribution is 0.193. The van der Waals surface area contributed by atoms with Crippen LogP contribution in [0.3, 0.4) is 0 Å². The molecule has 0 bridgehead atoms. The molecule has 1 rings (SSSR count). The number of carbonyl (C=O) groups excluding carboxylic acids is 1. The average Bonchev–Trinajstić information content (AvgIpc) is 2.53. The number of amides is 2. The second kappa shape index (κ2) is 8.39. The largest absolute Gasteiger partial charge is 0.385 e. The molecule has 4 heteroatoms. The Morgan fingerprint density at radius 1 is 1.25 bits per heavy atom. The molecule has 1 saturated carbocycles. The van der Waals surface area contributed by atoms with Gasteiger partial charge in [-0.15, -0.1) is 0 Å². The van der Waals surface area contributed by atoms with Gasteiger partial charge in [-0.1, -0.05) is 25.7 Å². The Labute approximate surface area is 98.1 Å². The highest BCUT2D eigenvalue weighted by Crippen LogP contribution is 2.16. The third kappa shape index (κ3) is 5.95. The summed E-state index contributed by atoms with van der Waals surface area (Å²) in [5.41, 5.74) is 0. The summed E-state index contributed by atoms with van der Waals surface area (Å²) < 4.78 is 4.92. The lowest BCUT2D eigenvalue weighted by Gasteiger charge is -2.16. The van der Waals surface area contributed by atoms with Crippen molar-refractivity contribution in [2.75, 3.05) is 20.3 Å². The summed E-state index contributed by atoms with van der Waals surface area (Å²) >= 11 is 0. The van der Waals surface area contributed by atoms with Crippen molar-refractivity contribution in [3.63, 3.8) is 0 Å². The van der Waals surface area contributed by atoms with Gasteiger partial charge >= 0.3 is 6.03 Å². The van der Waals surface area contributed by atoms with E-state index in [2.05, 4.69) is 10.6 Å². The molecule has 0 aromatic heterocycles. The Kier molecular flexibility index (Phi) is 6.97. The second-order valence-electron chi connectivity index (χ2n) is 4.44. The minimum Gasteiger partial charge on any atom is -0.385 e. The maximum Gasteiger partial charge on any atom is 0.315 e. The van der Waals surface area contributed by atoms with Crippen LogP contribution in [0.15, 0.2) is 0 Å². The van der Waals surface area contributed by atoms with E-state index in [0.717, 1.165) is 19.3 Å². The van der Waals surface area contributed by atoms with Gasteiger partial charge in [-0.25, -0.2) is 4.79 Å². The van der Waals surface area contributed by atoms with Gasteiger partial charge in [0, 0.05) is 26.3 Å². The highest BCUT2D eigenvalue weighted by Gasteiger charge is 2.13. The van der Waals surface area contributed by atoms with Gasteiger partial charge in [-0.05, 0) is 19.3 Å². The third-order valence-corrected chi connectivity index (χ3v) is 3.00. The minimum atomic E-state index is -0.0250. The number of hydrogen-bond donors (Lipinski definition) is 2. The van der Waals surface area contributed by atoms with E-state index in [1.165, 1.54) is 25.7 Å². The van der Waals surface area contributed by atoms with Crippen LogP contribution in [0.4, 0.5) is 4.79 Å². The smallest absolute Gasteiger partial charge is 0.315 e. The van der Waals surface area contributed by atoms with Gasteiger partial charge in [0.15, 0.2) is 0 Å². The molecule has 0 aliphatic heterocycles. The van der Waals surface area contributed by atoms with Gasteiger partial charge in [-0.2, -0.15) is 0 Å². The van der Waals surface area contributed by atoms with Crippen LogP contribution >= 0.6 is 0 Å². The fourth-order valence-electron chi connectivity index (χ4n) is 2.08. The van der Waals surface area contributed by atoms with E-state index < -0.39 is 0 Å². The first-order chi connectivity index (χ1) is 7.83. The normalized spacial score (nSPS) is 17.8. The standard InChI is InChI=1S/C12H24N2O2/c1-16-10-6-9-13-12(15)14-11-7-4-2-3-5-8-11/h11H,2-10H2,1H3,(H2,13,14,15). The van der Waals surface area contributed by atoms with Crippen molar-refractivity contribution in [3.8, 4) is 0 Å². The average molecular weight is 228 g/mol. The first-order valence-electron chi connectivity index (χ1n) is 6.36. The molecular weight excluding hydrogens is 204 g/mol. The first-order valence-corrected chi connectivity index (χ1v) is 6.36. The zero-order valence-corrected chi connectivity index (χ0v) is 10.3. The van der Waals surface area contributed by atoms with Crippen LogP contribution in [0.1, 0.15) is 44.9 Å². The summed E-state index contributed by atoms with van der Waals surface area (Å²) in [4.78, 5) is 11.5. The van der Waals surface area contributed by atoms with Crippen LogP contribution in [-0.4, -0.2) is 32.3 Å².